The normalized spacial score (nSPS) is 10.4. The lowest BCUT2D eigenvalue weighted by Gasteiger charge is -2.08. The van der Waals surface area contributed by atoms with E-state index in [0.717, 1.165) is 18.7 Å². The molecule has 0 aliphatic heterocycles. The summed E-state index contributed by atoms with van der Waals surface area (Å²) in [4.78, 5) is 0. The van der Waals surface area contributed by atoms with Crippen molar-refractivity contribution in [2.24, 2.45) is 0 Å². The van der Waals surface area contributed by atoms with Crippen LogP contribution in [-0.4, -0.2) is 23.9 Å². The van der Waals surface area contributed by atoms with Crippen LogP contribution in [0.15, 0.2) is 42.5 Å². The molecule has 0 saturated carbocycles. The molecule has 0 aliphatic carbocycles. The van der Waals surface area contributed by atoms with Gasteiger partial charge in [-0.2, -0.15) is 0 Å². The van der Waals surface area contributed by atoms with Gasteiger partial charge in [-0.1, -0.05) is 24.3 Å². The number of rotatable bonds is 6. The molecule has 0 spiro atoms. The van der Waals surface area contributed by atoms with Crippen LogP contribution in [0.5, 0.6) is 17.2 Å². The summed E-state index contributed by atoms with van der Waals surface area (Å²) in [7, 11) is 1.65. The summed E-state index contributed by atoms with van der Waals surface area (Å²) in [5.74, 6) is 0.714. The van der Waals surface area contributed by atoms with E-state index in [0.29, 0.717) is 12.1 Å². The van der Waals surface area contributed by atoms with Crippen LogP contribution in [0.3, 0.4) is 0 Å². The van der Waals surface area contributed by atoms with Gasteiger partial charge in [0.15, 0.2) is 11.5 Å². The van der Waals surface area contributed by atoms with E-state index in [1.165, 1.54) is 11.6 Å². The fourth-order valence-corrected chi connectivity index (χ4v) is 2.00. The molecular formula is C16H19NO3. The lowest BCUT2D eigenvalue weighted by Crippen LogP contribution is -2.16. The van der Waals surface area contributed by atoms with Crippen molar-refractivity contribution in [2.75, 3.05) is 13.7 Å². The Kier molecular flexibility index (Phi) is 4.85. The van der Waals surface area contributed by atoms with Crippen LogP contribution in [0.4, 0.5) is 0 Å². The van der Waals surface area contributed by atoms with Crippen molar-refractivity contribution in [3.63, 3.8) is 0 Å². The van der Waals surface area contributed by atoms with E-state index in [1.54, 1.807) is 19.2 Å². The highest BCUT2D eigenvalue weighted by atomic mass is 16.5. The Morgan fingerprint density at radius 2 is 1.90 bits per heavy atom. The fourth-order valence-electron chi connectivity index (χ4n) is 2.00. The summed E-state index contributed by atoms with van der Waals surface area (Å²) in [6.45, 7) is 1.30. The summed E-state index contributed by atoms with van der Waals surface area (Å²) in [5, 5.41) is 22.3. The molecule has 106 valence electrons. The zero-order chi connectivity index (χ0) is 14.4. The molecule has 0 fully saturated rings. The van der Waals surface area contributed by atoms with E-state index in [-0.39, 0.29) is 11.5 Å². The average Bonchev–Trinajstić information content (AvgIpc) is 2.48. The second kappa shape index (κ2) is 6.82. The first kappa shape index (κ1) is 14.2. The molecule has 4 heteroatoms. The molecule has 0 aromatic heterocycles. The number of para-hydroxylation sites is 1. The van der Waals surface area contributed by atoms with Crippen LogP contribution >= 0.6 is 0 Å². The molecule has 0 heterocycles. The zero-order valence-corrected chi connectivity index (χ0v) is 11.5. The molecular weight excluding hydrogens is 254 g/mol. The molecule has 2 aromatic carbocycles. The summed E-state index contributed by atoms with van der Waals surface area (Å²) in [6, 6.07) is 12.9. The Balaban J connectivity index is 1.83. The van der Waals surface area contributed by atoms with Gasteiger partial charge in [-0.25, -0.2) is 0 Å². The van der Waals surface area contributed by atoms with E-state index in [4.69, 9.17) is 4.74 Å². The third-order valence-corrected chi connectivity index (χ3v) is 3.14. The van der Waals surface area contributed by atoms with E-state index >= 15 is 0 Å². The number of methoxy groups -OCH3 is 1. The van der Waals surface area contributed by atoms with E-state index in [1.807, 2.05) is 18.2 Å². The minimum Gasteiger partial charge on any atom is -0.504 e. The molecule has 0 saturated heterocycles. The monoisotopic (exact) mass is 273 g/mol. The first-order valence-corrected chi connectivity index (χ1v) is 6.54. The molecule has 0 atom stereocenters. The minimum absolute atomic E-state index is 0.0543. The molecule has 0 aliphatic rings. The predicted molar refractivity (Wildman–Crippen MR) is 78.2 cm³/mol. The Morgan fingerprint density at radius 3 is 2.70 bits per heavy atom. The van der Waals surface area contributed by atoms with Crippen molar-refractivity contribution in [1.29, 1.82) is 0 Å². The molecule has 20 heavy (non-hydrogen) atoms. The van der Waals surface area contributed by atoms with Gasteiger partial charge < -0.3 is 20.3 Å². The molecule has 4 nitrogen and oxygen atoms in total. The SMILES string of the molecule is COc1cccc(CCNCc2cccc(O)c2O)c1. The van der Waals surface area contributed by atoms with Gasteiger partial charge in [0.25, 0.3) is 0 Å². The van der Waals surface area contributed by atoms with Gasteiger partial charge in [-0.15, -0.1) is 0 Å². The number of nitrogens with one attached hydrogen (secondary N) is 1. The fraction of sp³-hybridized carbons (Fsp3) is 0.250. The van der Waals surface area contributed by atoms with Gasteiger partial charge in [-0.05, 0) is 36.7 Å². The molecule has 0 unspecified atom stereocenters. The molecule has 2 aromatic rings. The van der Waals surface area contributed by atoms with E-state index < -0.39 is 0 Å². The number of aromatic hydroxyl groups is 2. The number of ether oxygens (including phenoxy) is 1. The quantitative estimate of drug-likeness (QED) is 0.559. The van der Waals surface area contributed by atoms with Gasteiger partial charge >= 0.3 is 0 Å². The smallest absolute Gasteiger partial charge is 0.161 e. The Labute approximate surface area is 118 Å². The lowest BCUT2D eigenvalue weighted by molar-refractivity contribution is 0.398. The van der Waals surface area contributed by atoms with Gasteiger partial charge in [0.2, 0.25) is 0 Å². The summed E-state index contributed by atoms with van der Waals surface area (Å²) >= 11 is 0. The topological polar surface area (TPSA) is 61.7 Å². The van der Waals surface area contributed by atoms with Crippen molar-refractivity contribution in [3.05, 3.63) is 53.6 Å². The highest BCUT2D eigenvalue weighted by molar-refractivity contribution is 5.44. The third kappa shape index (κ3) is 3.65. The molecule has 0 bridgehead atoms. The van der Waals surface area contributed by atoms with Crippen molar-refractivity contribution in [2.45, 2.75) is 13.0 Å². The average molecular weight is 273 g/mol. The van der Waals surface area contributed by atoms with Crippen molar-refractivity contribution >= 4 is 0 Å². The summed E-state index contributed by atoms with van der Waals surface area (Å²) < 4.78 is 5.18. The first-order valence-electron chi connectivity index (χ1n) is 6.54. The number of benzene rings is 2. The van der Waals surface area contributed by atoms with Crippen LogP contribution in [0.25, 0.3) is 0 Å². The van der Waals surface area contributed by atoms with Gasteiger partial charge in [0.05, 0.1) is 7.11 Å². The van der Waals surface area contributed by atoms with Gasteiger partial charge in [-0.3, -0.25) is 0 Å². The second-order valence-corrected chi connectivity index (χ2v) is 4.56. The molecule has 3 N–H and O–H groups in total. The second-order valence-electron chi connectivity index (χ2n) is 4.56. The largest absolute Gasteiger partial charge is 0.504 e. The van der Waals surface area contributed by atoms with Gasteiger partial charge in [0, 0.05) is 12.1 Å². The van der Waals surface area contributed by atoms with E-state index in [9.17, 15) is 10.2 Å². The zero-order valence-electron chi connectivity index (χ0n) is 11.5. The maximum Gasteiger partial charge on any atom is 0.161 e. The maximum atomic E-state index is 9.68. The first-order chi connectivity index (χ1) is 9.70. The third-order valence-electron chi connectivity index (χ3n) is 3.14. The Morgan fingerprint density at radius 1 is 1.10 bits per heavy atom. The van der Waals surface area contributed by atoms with E-state index in [2.05, 4.69) is 11.4 Å². The predicted octanol–water partition coefficient (Wildman–Crippen LogP) is 2.44. The minimum atomic E-state index is -0.0860. The van der Waals surface area contributed by atoms with Crippen molar-refractivity contribution in [1.82, 2.24) is 5.32 Å². The number of phenols is 2. The van der Waals surface area contributed by atoms with Crippen molar-refractivity contribution < 1.29 is 14.9 Å². The van der Waals surface area contributed by atoms with Crippen LogP contribution in [0.2, 0.25) is 0 Å². The number of hydrogen-bond donors (Lipinski definition) is 3. The van der Waals surface area contributed by atoms with Crippen molar-refractivity contribution in [3.8, 4) is 17.2 Å². The number of hydrogen-bond acceptors (Lipinski definition) is 4. The van der Waals surface area contributed by atoms with Crippen LogP contribution < -0.4 is 10.1 Å². The standard InChI is InChI=1S/C16H19NO3/c1-20-14-6-2-4-12(10-14)8-9-17-11-13-5-3-7-15(18)16(13)19/h2-7,10,17-19H,8-9,11H2,1H3. The van der Waals surface area contributed by atoms with Gasteiger partial charge in [0.1, 0.15) is 5.75 Å². The van der Waals surface area contributed by atoms with Crippen LogP contribution in [0, 0.1) is 0 Å². The van der Waals surface area contributed by atoms with Crippen LogP contribution in [0.1, 0.15) is 11.1 Å². The Bertz CT molecular complexity index is 569. The molecule has 0 amide bonds. The van der Waals surface area contributed by atoms with Crippen LogP contribution in [-0.2, 0) is 13.0 Å². The summed E-state index contributed by atoms with van der Waals surface area (Å²) in [6.07, 6.45) is 0.872. The highest BCUT2D eigenvalue weighted by Gasteiger charge is 2.04. The maximum absolute atomic E-state index is 9.68. The Hall–Kier alpha value is -2.20. The lowest BCUT2D eigenvalue weighted by atomic mass is 10.1. The molecule has 2 rings (SSSR count). The highest BCUT2D eigenvalue weighted by Crippen LogP contribution is 2.27. The molecule has 0 radical (unpaired) electrons. The summed E-state index contributed by atoms with van der Waals surface area (Å²) in [5.41, 5.74) is 1.88. The number of phenolic OH excluding ortho intramolecular Hbond substituents is 2.